The summed E-state index contributed by atoms with van der Waals surface area (Å²) < 4.78 is 39.3. The molecule has 13 heteroatoms. The number of anilines is 1. The lowest BCUT2D eigenvalue weighted by Crippen LogP contribution is -2.47. The predicted molar refractivity (Wildman–Crippen MR) is 137 cm³/mol. The third kappa shape index (κ3) is 4.69. The average Bonchev–Trinajstić information content (AvgIpc) is 3.25. The number of nitrogens with one attached hydrogen (secondary N) is 2. The van der Waals surface area contributed by atoms with E-state index in [0.29, 0.717) is 37.1 Å². The highest BCUT2D eigenvalue weighted by Crippen LogP contribution is 2.49. The maximum Gasteiger partial charge on any atom is 0.433 e. The topological polar surface area (TPSA) is 115 Å². The van der Waals surface area contributed by atoms with Crippen molar-refractivity contribution in [2.75, 3.05) is 25.5 Å². The molecular weight excluding hydrogens is 539 g/mol. The number of Topliss-reactive ketones (excluding diaryl/α,β-unsaturated/α-hetero) is 1. The molecule has 1 fully saturated rings. The van der Waals surface area contributed by atoms with Crippen LogP contribution >= 0.6 is 23.1 Å². The first-order valence-electron chi connectivity index (χ1n) is 11.6. The van der Waals surface area contributed by atoms with Crippen molar-refractivity contribution in [1.29, 1.82) is 5.26 Å². The van der Waals surface area contributed by atoms with Crippen LogP contribution in [0, 0.1) is 11.3 Å². The first-order chi connectivity index (χ1) is 18.0. The summed E-state index contributed by atoms with van der Waals surface area (Å²) in [4.78, 5) is 44.7. The molecule has 3 aromatic rings. The van der Waals surface area contributed by atoms with E-state index in [1.807, 2.05) is 6.07 Å². The second kappa shape index (κ2) is 9.59. The number of alkyl halides is 3. The van der Waals surface area contributed by atoms with Gasteiger partial charge in [0.2, 0.25) is 0 Å². The van der Waals surface area contributed by atoms with E-state index >= 15 is 0 Å². The van der Waals surface area contributed by atoms with Gasteiger partial charge in [-0.25, -0.2) is 9.78 Å². The van der Waals surface area contributed by atoms with Crippen LogP contribution < -0.4 is 10.6 Å². The van der Waals surface area contributed by atoms with Crippen molar-refractivity contribution in [3.05, 3.63) is 52.7 Å². The number of pyridine rings is 1. The Bertz CT molecular complexity index is 1520. The van der Waals surface area contributed by atoms with E-state index in [0.717, 1.165) is 22.3 Å². The molecular formula is C25H20F3N5O3S2. The molecule has 0 atom stereocenters. The molecule has 2 aliphatic heterocycles. The van der Waals surface area contributed by atoms with Crippen LogP contribution in [0.2, 0.25) is 0 Å². The van der Waals surface area contributed by atoms with E-state index < -0.39 is 28.6 Å². The number of thioether (sulfide) groups is 1. The Morgan fingerprint density at radius 2 is 1.92 bits per heavy atom. The Labute approximate surface area is 223 Å². The van der Waals surface area contributed by atoms with Crippen LogP contribution in [0.5, 0.6) is 0 Å². The molecule has 4 heterocycles. The summed E-state index contributed by atoms with van der Waals surface area (Å²) in [6.07, 6.45) is -3.30. The number of piperidine rings is 1. The summed E-state index contributed by atoms with van der Waals surface area (Å²) in [6, 6.07) is 8.53. The van der Waals surface area contributed by atoms with Crippen LogP contribution in [0.15, 0.2) is 35.2 Å². The van der Waals surface area contributed by atoms with Crippen molar-refractivity contribution in [2.45, 2.75) is 35.1 Å². The second-order valence-corrected chi connectivity index (χ2v) is 11.6. The predicted octanol–water partition coefficient (Wildman–Crippen LogP) is 5.29. The van der Waals surface area contributed by atoms with Gasteiger partial charge in [0.05, 0.1) is 17.2 Å². The monoisotopic (exact) mass is 559 g/mol. The Morgan fingerprint density at radius 3 is 2.58 bits per heavy atom. The Hall–Kier alpha value is -3.63. The van der Waals surface area contributed by atoms with Gasteiger partial charge < -0.3 is 10.2 Å². The number of urea groups is 1. The number of fused-ring (bicyclic) bond motifs is 2. The van der Waals surface area contributed by atoms with Gasteiger partial charge in [-0.2, -0.15) is 18.4 Å². The lowest BCUT2D eigenvalue weighted by molar-refractivity contribution is -0.140. The Balaban J connectivity index is 1.41. The molecule has 0 saturated carbocycles. The zero-order valence-corrected chi connectivity index (χ0v) is 21.6. The molecule has 2 N–H and O–H groups in total. The molecule has 5 rings (SSSR count). The molecule has 3 amide bonds. The molecule has 0 unspecified atom stereocenters. The van der Waals surface area contributed by atoms with E-state index in [4.69, 9.17) is 5.26 Å². The van der Waals surface area contributed by atoms with Crippen molar-refractivity contribution in [2.24, 2.45) is 0 Å². The molecule has 0 bridgehead atoms. The zero-order chi connectivity index (χ0) is 27.2. The first-order valence-corrected chi connectivity index (χ1v) is 13.2. The largest absolute Gasteiger partial charge is 0.433 e. The highest BCUT2D eigenvalue weighted by Gasteiger charge is 2.43. The highest BCUT2D eigenvalue weighted by molar-refractivity contribution is 8.01. The minimum Gasteiger partial charge on any atom is -0.341 e. The minimum absolute atomic E-state index is 0.00941. The van der Waals surface area contributed by atoms with Gasteiger partial charge in [0, 0.05) is 47.2 Å². The maximum atomic E-state index is 13.7. The molecule has 0 radical (unpaired) electrons. The summed E-state index contributed by atoms with van der Waals surface area (Å²) >= 11 is 2.39. The number of carbonyl (C=O) groups excluding carboxylic acids is 3. The highest BCUT2D eigenvalue weighted by atomic mass is 32.2. The van der Waals surface area contributed by atoms with E-state index in [1.54, 1.807) is 34.9 Å². The van der Waals surface area contributed by atoms with E-state index in [9.17, 15) is 27.6 Å². The van der Waals surface area contributed by atoms with Gasteiger partial charge in [-0.3, -0.25) is 14.9 Å². The third-order valence-electron chi connectivity index (χ3n) is 6.69. The van der Waals surface area contributed by atoms with Crippen LogP contribution in [0.1, 0.15) is 51.2 Å². The summed E-state index contributed by atoms with van der Waals surface area (Å²) in [5, 5.41) is 14.4. The Kier molecular flexibility index (Phi) is 6.56. The smallest absolute Gasteiger partial charge is 0.341 e. The maximum absolute atomic E-state index is 13.7. The molecule has 0 aliphatic carbocycles. The molecule has 1 spiro atoms. The second-order valence-electron chi connectivity index (χ2n) is 9.06. The summed E-state index contributed by atoms with van der Waals surface area (Å²) in [7, 11) is 1.39. The Morgan fingerprint density at radius 1 is 1.18 bits per heavy atom. The number of nitriles is 1. The van der Waals surface area contributed by atoms with Crippen molar-refractivity contribution >= 4 is 56.0 Å². The molecule has 1 aromatic carbocycles. The zero-order valence-electron chi connectivity index (χ0n) is 19.9. The van der Waals surface area contributed by atoms with E-state index in [-0.39, 0.29) is 33.0 Å². The van der Waals surface area contributed by atoms with Crippen molar-refractivity contribution in [3.8, 4) is 6.07 Å². The van der Waals surface area contributed by atoms with Gasteiger partial charge in [-0.05, 0) is 43.2 Å². The fourth-order valence-corrected chi connectivity index (χ4v) is 7.26. The van der Waals surface area contributed by atoms with Gasteiger partial charge in [-0.1, -0.05) is 11.3 Å². The summed E-state index contributed by atoms with van der Waals surface area (Å²) in [5.41, 5.74) is -0.0287. The number of aromatic nitrogens is 1. The number of nitrogens with zero attached hydrogens (tertiary/aromatic N) is 3. The van der Waals surface area contributed by atoms with Gasteiger partial charge >= 0.3 is 12.2 Å². The fraction of sp³-hybridized carbons (Fsp3) is 0.320. The minimum atomic E-state index is -4.65. The van der Waals surface area contributed by atoms with E-state index in [1.165, 1.54) is 13.1 Å². The summed E-state index contributed by atoms with van der Waals surface area (Å²) in [6.45, 7) is 0.658. The van der Waals surface area contributed by atoms with Crippen molar-refractivity contribution in [1.82, 2.24) is 15.2 Å². The fourth-order valence-electron chi connectivity index (χ4n) is 4.72. The van der Waals surface area contributed by atoms with Crippen LogP contribution in [-0.2, 0) is 6.18 Å². The lowest BCUT2D eigenvalue weighted by atomic mass is 9.87. The number of hydrogen-bond donors (Lipinski definition) is 2. The number of amides is 3. The van der Waals surface area contributed by atoms with Gasteiger partial charge in [-0.15, -0.1) is 11.8 Å². The number of ketones is 1. The van der Waals surface area contributed by atoms with Crippen molar-refractivity contribution in [3.63, 3.8) is 0 Å². The third-order valence-corrected chi connectivity index (χ3v) is 9.27. The van der Waals surface area contributed by atoms with E-state index in [2.05, 4.69) is 15.6 Å². The quantitative estimate of drug-likeness (QED) is 0.441. The number of thiophene rings is 1. The molecule has 8 nitrogen and oxygen atoms in total. The summed E-state index contributed by atoms with van der Waals surface area (Å²) in [5.74, 6) is -0.465. The number of halogens is 3. The average molecular weight is 560 g/mol. The molecule has 2 aromatic heterocycles. The first kappa shape index (κ1) is 26.0. The SMILES string of the molecule is CNC(=O)Nc1sc2nc(C(F)(F)F)ccc2c1C(=O)N1CCC2(CC1)CC(=O)c1cc(C#N)ccc1S2. The van der Waals surface area contributed by atoms with Gasteiger partial charge in [0.25, 0.3) is 5.91 Å². The standard InChI is InChI=1S/C25H20F3N5O3S2/c1-30-23(36)32-21-19(14-3-5-18(25(26,27)28)31-20(14)37-21)22(35)33-8-6-24(7-9-33)11-16(34)15-10-13(12-29)2-4-17(15)38-24/h2-5,10H,6-9,11H2,1H3,(H2,30,32,36). The number of hydrogen-bond acceptors (Lipinski definition) is 7. The molecule has 1 saturated heterocycles. The van der Waals surface area contributed by atoms with Gasteiger partial charge in [0.1, 0.15) is 15.5 Å². The van der Waals surface area contributed by atoms with Crippen LogP contribution in [0.3, 0.4) is 0 Å². The van der Waals surface area contributed by atoms with Crippen LogP contribution in [0.25, 0.3) is 10.2 Å². The van der Waals surface area contributed by atoms with Gasteiger partial charge in [0.15, 0.2) is 5.78 Å². The molecule has 38 heavy (non-hydrogen) atoms. The number of likely N-dealkylation sites (tertiary alicyclic amines) is 1. The van der Waals surface area contributed by atoms with Crippen LogP contribution in [0.4, 0.5) is 23.0 Å². The lowest BCUT2D eigenvalue weighted by Gasteiger charge is -2.43. The molecule has 196 valence electrons. The normalized spacial score (nSPS) is 16.7. The van der Waals surface area contributed by atoms with Crippen molar-refractivity contribution < 1.29 is 27.6 Å². The number of benzene rings is 1. The number of rotatable bonds is 2. The molecule has 2 aliphatic rings. The number of carbonyl (C=O) groups is 3. The van der Waals surface area contributed by atoms with Crippen LogP contribution in [-0.4, -0.2) is 52.5 Å².